The van der Waals surface area contributed by atoms with Gasteiger partial charge in [0.2, 0.25) is 0 Å². The van der Waals surface area contributed by atoms with Crippen LogP contribution in [0.2, 0.25) is 0 Å². The number of fused-ring (bicyclic) bond motifs is 2. The van der Waals surface area contributed by atoms with E-state index >= 15 is 0 Å². The van der Waals surface area contributed by atoms with Crippen LogP contribution in [-0.4, -0.2) is 41.9 Å². The number of imide groups is 1. The molecule has 1 N–H and O–H groups in total. The fraction of sp³-hybridized carbons (Fsp3) is 0.208. The molecule has 0 spiro atoms. The van der Waals surface area contributed by atoms with Crippen molar-refractivity contribution >= 4 is 34.2 Å². The number of ether oxygens (including phenoxy) is 1. The summed E-state index contributed by atoms with van der Waals surface area (Å²) < 4.78 is 5.56. The lowest BCUT2D eigenvalue weighted by Gasteiger charge is -2.17. The molecule has 0 radical (unpaired) electrons. The lowest BCUT2D eigenvalue weighted by Crippen LogP contribution is -2.36. The average Bonchev–Trinajstić information content (AvgIpc) is 3.37. The van der Waals surface area contributed by atoms with Crippen LogP contribution in [0.1, 0.15) is 43.9 Å². The van der Waals surface area contributed by atoms with E-state index in [9.17, 15) is 14.4 Å². The van der Waals surface area contributed by atoms with E-state index in [1.54, 1.807) is 12.1 Å². The van der Waals surface area contributed by atoms with E-state index in [0.717, 1.165) is 23.6 Å². The first-order valence-electron chi connectivity index (χ1n) is 10.0. The Balaban J connectivity index is 1.40. The highest BCUT2D eigenvalue weighted by Gasteiger charge is 2.37. The summed E-state index contributed by atoms with van der Waals surface area (Å²) in [6, 6.07) is 18.1. The normalized spacial score (nSPS) is 18.1. The number of hydrogen-bond acceptors (Lipinski definition) is 4. The molecule has 1 saturated heterocycles. The van der Waals surface area contributed by atoms with E-state index in [0.29, 0.717) is 23.4 Å². The van der Waals surface area contributed by atoms with Crippen LogP contribution in [0.3, 0.4) is 0 Å². The maximum absolute atomic E-state index is 12.9. The van der Waals surface area contributed by atoms with Crippen LogP contribution in [0.15, 0.2) is 60.7 Å². The predicted octanol–water partition coefficient (Wildman–Crippen LogP) is 3.87. The number of anilines is 1. The summed E-state index contributed by atoms with van der Waals surface area (Å²) in [6.07, 6.45) is 1.67. The molecule has 2 aliphatic rings. The summed E-state index contributed by atoms with van der Waals surface area (Å²) in [5.74, 6) is -1.02. The zero-order valence-corrected chi connectivity index (χ0v) is 16.3. The van der Waals surface area contributed by atoms with Crippen LogP contribution >= 0.6 is 0 Å². The van der Waals surface area contributed by atoms with Gasteiger partial charge in [-0.3, -0.25) is 19.3 Å². The molecule has 30 heavy (non-hydrogen) atoms. The van der Waals surface area contributed by atoms with Crippen LogP contribution in [-0.2, 0) is 4.74 Å². The highest BCUT2D eigenvalue weighted by molar-refractivity contribution is 6.22. The van der Waals surface area contributed by atoms with Gasteiger partial charge in [-0.05, 0) is 42.5 Å². The zero-order chi connectivity index (χ0) is 20.7. The van der Waals surface area contributed by atoms with E-state index in [1.165, 1.54) is 11.0 Å². The molecule has 1 fully saturated rings. The number of amides is 3. The second-order valence-corrected chi connectivity index (χ2v) is 7.60. The lowest BCUT2D eigenvalue weighted by molar-refractivity contribution is 0.0475. The van der Waals surface area contributed by atoms with Gasteiger partial charge >= 0.3 is 0 Å². The van der Waals surface area contributed by atoms with Crippen molar-refractivity contribution in [2.45, 2.75) is 18.9 Å². The van der Waals surface area contributed by atoms with Gasteiger partial charge in [-0.25, -0.2) is 0 Å². The van der Waals surface area contributed by atoms with Gasteiger partial charge in [0.25, 0.3) is 17.7 Å². The topological polar surface area (TPSA) is 75.7 Å². The van der Waals surface area contributed by atoms with Crippen LogP contribution in [0, 0.1) is 0 Å². The number of nitrogens with zero attached hydrogens (tertiary/aromatic N) is 1. The van der Waals surface area contributed by atoms with Gasteiger partial charge in [-0.2, -0.15) is 0 Å². The second kappa shape index (κ2) is 7.39. The Hall–Kier alpha value is -3.51. The first-order chi connectivity index (χ1) is 14.6. The van der Waals surface area contributed by atoms with E-state index in [2.05, 4.69) is 5.32 Å². The molecule has 3 amide bonds. The van der Waals surface area contributed by atoms with Crippen LogP contribution in [0.4, 0.5) is 5.69 Å². The summed E-state index contributed by atoms with van der Waals surface area (Å²) in [5, 5.41) is 4.88. The summed E-state index contributed by atoms with van der Waals surface area (Å²) in [6.45, 7) is 0.913. The minimum absolute atomic E-state index is 0.110. The van der Waals surface area contributed by atoms with E-state index in [4.69, 9.17) is 4.74 Å². The minimum atomic E-state index is -0.370. The third kappa shape index (κ3) is 3.15. The van der Waals surface area contributed by atoms with Crippen molar-refractivity contribution in [2.24, 2.45) is 0 Å². The molecular formula is C24H20N2O4. The number of carbonyl (C=O) groups excluding carboxylic acids is 3. The Morgan fingerprint density at radius 3 is 2.63 bits per heavy atom. The third-order valence-electron chi connectivity index (χ3n) is 5.68. The zero-order valence-electron chi connectivity index (χ0n) is 16.3. The fourth-order valence-electron chi connectivity index (χ4n) is 4.12. The van der Waals surface area contributed by atoms with Gasteiger partial charge in [-0.15, -0.1) is 0 Å². The number of nitrogens with one attached hydrogen (secondary N) is 1. The third-order valence-corrected chi connectivity index (χ3v) is 5.68. The van der Waals surface area contributed by atoms with E-state index in [-0.39, 0.29) is 35.9 Å². The SMILES string of the molecule is O=C(Nc1cccc2ccccc12)c1ccc2c(c1)C(=O)N(CC1CCCO1)C2=O. The molecule has 6 heteroatoms. The van der Waals surface area contributed by atoms with Gasteiger partial charge in [0, 0.05) is 23.2 Å². The first kappa shape index (κ1) is 18.5. The van der Waals surface area contributed by atoms with Crippen molar-refractivity contribution in [1.29, 1.82) is 0 Å². The van der Waals surface area contributed by atoms with Crippen LogP contribution < -0.4 is 5.32 Å². The summed E-state index contributed by atoms with van der Waals surface area (Å²) >= 11 is 0. The first-order valence-corrected chi connectivity index (χ1v) is 10.0. The van der Waals surface area contributed by atoms with Crippen molar-refractivity contribution in [3.05, 3.63) is 77.4 Å². The average molecular weight is 400 g/mol. The maximum atomic E-state index is 12.9. The summed E-state index contributed by atoms with van der Waals surface area (Å²) in [5.41, 5.74) is 1.63. The van der Waals surface area contributed by atoms with Crippen molar-refractivity contribution in [2.75, 3.05) is 18.5 Å². The fourth-order valence-corrected chi connectivity index (χ4v) is 4.12. The molecule has 5 rings (SSSR count). The van der Waals surface area contributed by atoms with Crippen molar-refractivity contribution < 1.29 is 19.1 Å². The Kier molecular flexibility index (Phi) is 4.56. The lowest BCUT2D eigenvalue weighted by atomic mass is 10.0. The molecular weight excluding hydrogens is 380 g/mol. The highest BCUT2D eigenvalue weighted by Crippen LogP contribution is 2.27. The molecule has 1 atom stereocenters. The van der Waals surface area contributed by atoms with E-state index < -0.39 is 0 Å². The molecule has 150 valence electrons. The van der Waals surface area contributed by atoms with Gasteiger partial charge in [0.1, 0.15) is 0 Å². The quantitative estimate of drug-likeness (QED) is 0.675. The Labute approximate surface area is 173 Å². The molecule has 3 aromatic rings. The Morgan fingerprint density at radius 1 is 1.00 bits per heavy atom. The molecule has 2 heterocycles. The molecule has 3 aromatic carbocycles. The van der Waals surface area contributed by atoms with Crippen molar-refractivity contribution in [3.8, 4) is 0 Å². The number of hydrogen-bond donors (Lipinski definition) is 1. The Bertz CT molecular complexity index is 1180. The van der Waals surface area contributed by atoms with Crippen LogP contribution in [0.25, 0.3) is 10.8 Å². The summed E-state index contributed by atoms with van der Waals surface area (Å²) in [7, 11) is 0. The number of rotatable bonds is 4. The Morgan fingerprint density at radius 2 is 1.80 bits per heavy atom. The maximum Gasteiger partial charge on any atom is 0.261 e. The predicted molar refractivity (Wildman–Crippen MR) is 113 cm³/mol. The molecule has 0 saturated carbocycles. The van der Waals surface area contributed by atoms with Crippen molar-refractivity contribution in [3.63, 3.8) is 0 Å². The minimum Gasteiger partial charge on any atom is -0.376 e. The second-order valence-electron chi connectivity index (χ2n) is 7.60. The van der Waals surface area contributed by atoms with Crippen LogP contribution in [0.5, 0.6) is 0 Å². The summed E-state index contributed by atoms with van der Waals surface area (Å²) in [4.78, 5) is 39.6. The molecule has 0 aliphatic carbocycles. The van der Waals surface area contributed by atoms with Gasteiger partial charge in [0.15, 0.2) is 0 Å². The van der Waals surface area contributed by atoms with E-state index in [1.807, 2.05) is 42.5 Å². The van der Waals surface area contributed by atoms with Crippen molar-refractivity contribution in [1.82, 2.24) is 4.90 Å². The number of benzene rings is 3. The highest BCUT2D eigenvalue weighted by atomic mass is 16.5. The van der Waals surface area contributed by atoms with Gasteiger partial charge < -0.3 is 10.1 Å². The molecule has 2 aliphatic heterocycles. The molecule has 0 bridgehead atoms. The van der Waals surface area contributed by atoms with Gasteiger partial charge in [0.05, 0.1) is 23.8 Å². The standard InChI is InChI=1S/C24H20N2O4/c27-22(25-21-9-3-6-15-5-1-2-8-18(15)21)16-10-11-19-20(13-16)24(29)26(23(19)28)14-17-7-4-12-30-17/h1-3,5-6,8-11,13,17H,4,7,12,14H2,(H,25,27). The molecule has 1 unspecified atom stereocenters. The molecule has 0 aromatic heterocycles. The van der Waals surface area contributed by atoms with Gasteiger partial charge in [-0.1, -0.05) is 36.4 Å². The molecule has 6 nitrogen and oxygen atoms in total. The largest absolute Gasteiger partial charge is 0.376 e. The smallest absolute Gasteiger partial charge is 0.261 e. The number of carbonyl (C=O) groups is 3. The monoisotopic (exact) mass is 400 g/mol.